The highest BCUT2D eigenvalue weighted by molar-refractivity contribution is 7.13. The van der Waals surface area contributed by atoms with Gasteiger partial charge in [0.15, 0.2) is 0 Å². The predicted molar refractivity (Wildman–Crippen MR) is 72.9 cm³/mol. The Morgan fingerprint density at radius 3 is 2.89 bits per heavy atom. The molecule has 0 saturated carbocycles. The van der Waals surface area contributed by atoms with Crippen LogP contribution in [-0.2, 0) is 0 Å². The normalized spacial score (nSPS) is 12.5. The summed E-state index contributed by atoms with van der Waals surface area (Å²) in [4.78, 5) is 9.08. The number of rotatable bonds is 3. The summed E-state index contributed by atoms with van der Waals surface area (Å²) in [6.45, 7) is 0. The Hall–Kier alpha value is -1.76. The molecule has 2 N–H and O–H groups in total. The summed E-state index contributed by atoms with van der Waals surface area (Å²) in [6.07, 6.45) is 1.68. The summed E-state index contributed by atoms with van der Waals surface area (Å²) < 4.78 is 5.19. The second-order valence-electron chi connectivity index (χ2n) is 3.82. The van der Waals surface area contributed by atoms with Gasteiger partial charge < -0.3 is 10.3 Å². The van der Waals surface area contributed by atoms with Gasteiger partial charge in [-0.1, -0.05) is 35.0 Å². The van der Waals surface area contributed by atoms with Gasteiger partial charge in [-0.15, -0.1) is 11.3 Å². The highest BCUT2D eigenvalue weighted by atomic mass is 35.5. The molecule has 0 bridgehead atoms. The molecule has 0 fully saturated rings. The minimum atomic E-state index is -0.539. The molecule has 2 heterocycles. The van der Waals surface area contributed by atoms with Crippen LogP contribution in [0.3, 0.4) is 0 Å². The molecule has 5 nitrogen and oxygen atoms in total. The standard InChI is InChI=1S/C12H9ClN4OS/c13-8-4-2-1-3-7(8)10(14)12-16-11(17-18-12)9-5-15-6-19-9/h1-6,10H,14H2/t10-/m1/s1. The monoisotopic (exact) mass is 292 g/mol. The number of benzene rings is 1. The molecule has 0 unspecified atom stereocenters. The lowest BCUT2D eigenvalue weighted by molar-refractivity contribution is 0.367. The van der Waals surface area contributed by atoms with Crippen LogP contribution in [-0.4, -0.2) is 15.1 Å². The van der Waals surface area contributed by atoms with Crippen LogP contribution in [0, 0.1) is 0 Å². The van der Waals surface area contributed by atoms with E-state index >= 15 is 0 Å². The van der Waals surface area contributed by atoms with Gasteiger partial charge >= 0.3 is 0 Å². The maximum Gasteiger partial charge on any atom is 0.248 e. The van der Waals surface area contributed by atoms with Crippen molar-refractivity contribution < 1.29 is 4.52 Å². The van der Waals surface area contributed by atoms with E-state index in [1.54, 1.807) is 17.8 Å². The van der Waals surface area contributed by atoms with Gasteiger partial charge in [0.05, 0.1) is 10.4 Å². The molecule has 0 aliphatic carbocycles. The Kier molecular flexibility index (Phi) is 3.29. The Balaban J connectivity index is 1.93. The van der Waals surface area contributed by atoms with Crippen LogP contribution in [0.4, 0.5) is 0 Å². The van der Waals surface area contributed by atoms with Gasteiger partial charge in [0.2, 0.25) is 11.7 Å². The van der Waals surface area contributed by atoms with Crippen molar-refractivity contribution in [2.24, 2.45) is 5.73 Å². The molecule has 1 atom stereocenters. The molecule has 0 aliphatic rings. The van der Waals surface area contributed by atoms with Gasteiger partial charge in [0.1, 0.15) is 6.04 Å². The molecule has 0 radical (unpaired) electrons. The molecule has 19 heavy (non-hydrogen) atoms. The number of hydrogen-bond acceptors (Lipinski definition) is 6. The van der Waals surface area contributed by atoms with Crippen molar-refractivity contribution in [2.75, 3.05) is 0 Å². The first-order valence-corrected chi connectivity index (χ1v) is 6.74. The molecular weight excluding hydrogens is 284 g/mol. The summed E-state index contributed by atoms with van der Waals surface area (Å²) in [5, 5.41) is 4.47. The number of aromatic nitrogens is 3. The van der Waals surface area contributed by atoms with E-state index in [9.17, 15) is 0 Å². The van der Waals surface area contributed by atoms with E-state index in [0.29, 0.717) is 16.7 Å². The molecule has 3 aromatic rings. The van der Waals surface area contributed by atoms with Crippen molar-refractivity contribution in [3.8, 4) is 10.7 Å². The first kappa shape index (κ1) is 12.3. The van der Waals surface area contributed by atoms with Crippen molar-refractivity contribution in [2.45, 2.75) is 6.04 Å². The van der Waals surface area contributed by atoms with E-state index in [2.05, 4.69) is 15.1 Å². The molecule has 1 aromatic carbocycles. The number of halogens is 1. The third kappa shape index (κ3) is 2.37. The van der Waals surface area contributed by atoms with Crippen molar-refractivity contribution in [1.82, 2.24) is 15.1 Å². The van der Waals surface area contributed by atoms with Crippen LogP contribution in [0.2, 0.25) is 5.02 Å². The molecule has 96 valence electrons. The summed E-state index contributed by atoms with van der Waals surface area (Å²) in [7, 11) is 0. The molecule has 2 aromatic heterocycles. The number of thiazole rings is 1. The Labute approximate surface area is 118 Å². The highest BCUT2D eigenvalue weighted by Gasteiger charge is 2.19. The first-order valence-electron chi connectivity index (χ1n) is 5.48. The Bertz CT molecular complexity index is 683. The van der Waals surface area contributed by atoms with Crippen LogP contribution in [0.1, 0.15) is 17.5 Å². The van der Waals surface area contributed by atoms with E-state index in [1.807, 2.05) is 18.2 Å². The minimum absolute atomic E-state index is 0.330. The third-order valence-electron chi connectivity index (χ3n) is 2.60. The fourth-order valence-corrected chi connectivity index (χ4v) is 2.45. The largest absolute Gasteiger partial charge is 0.337 e. The lowest BCUT2D eigenvalue weighted by atomic mass is 10.1. The fraction of sp³-hybridized carbons (Fsp3) is 0.0833. The highest BCUT2D eigenvalue weighted by Crippen LogP contribution is 2.27. The van der Waals surface area contributed by atoms with Crippen molar-refractivity contribution >= 4 is 22.9 Å². The van der Waals surface area contributed by atoms with Crippen LogP contribution in [0.5, 0.6) is 0 Å². The first-order chi connectivity index (χ1) is 9.25. The van der Waals surface area contributed by atoms with Gasteiger partial charge in [-0.2, -0.15) is 4.98 Å². The summed E-state index contributed by atoms with van der Waals surface area (Å²) in [5.41, 5.74) is 8.55. The molecule has 0 aliphatic heterocycles. The maximum atomic E-state index is 6.10. The second kappa shape index (κ2) is 5.08. The zero-order chi connectivity index (χ0) is 13.2. The minimum Gasteiger partial charge on any atom is -0.337 e. The van der Waals surface area contributed by atoms with Crippen LogP contribution in [0.15, 0.2) is 40.5 Å². The molecular formula is C12H9ClN4OS. The van der Waals surface area contributed by atoms with E-state index in [-0.39, 0.29) is 0 Å². The average molecular weight is 293 g/mol. The van der Waals surface area contributed by atoms with E-state index in [1.165, 1.54) is 11.3 Å². The summed E-state index contributed by atoms with van der Waals surface area (Å²) in [5.74, 6) is 0.816. The van der Waals surface area contributed by atoms with Gasteiger partial charge in [0.25, 0.3) is 0 Å². The van der Waals surface area contributed by atoms with E-state index < -0.39 is 6.04 Å². The van der Waals surface area contributed by atoms with Crippen molar-refractivity contribution in [3.05, 3.63) is 52.4 Å². The zero-order valence-electron chi connectivity index (χ0n) is 9.65. The number of nitrogens with zero attached hydrogens (tertiary/aromatic N) is 3. The van der Waals surface area contributed by atoms with Crippen molar-refractivity contribution in [1.29, 1.82) is 0 Å². The SMILES string of the molecule is N[C@@H](c1nc(-c2cncs2)no1)c1ccccc1Cl. The van der Waals surface area contributed by atoms with Gasteiger partial charge in [0, 0.05) is 11.2 Å². The molecule has 7 heteroatoms. The molecule has 0 spiro atoms. The second-order valence-corrected chi connectivity index (χ2v) is 5.11. The lowest BCUT2D eigenvalue weighted by Crippen LogP contribution is -2.12. The summed E-state index contributed by atoms with van der Waals surface area (Å²) in [6, 6.07) is 6.78. The van der Waals surface area contributed by atoms with Crippen molar-refractivity contribution in [3.63, 3.8) is 0 Å². The smallest absolute Gasteiger partial charge is 0.248 e. The Morgan fingerprint density at radius 2 is 2.16 bits per heavy atom. The van der Waals surface area contributed by atoms with Gasteiger partial charge in [-0.05, 0) is 11.6 Å². The van der Waals surface area contributed by atoms with E-state index in [0.717, 1.165) is 10.4 Å². The average Bonchev–Trinajstić information content (AvgIpc) is 3.09. The lowest BCUT2D eigenvalue weighted by Gasteiger charge is -2.08. The number of nitrogens with two attached hydrogens (primary N) is 1. The molecule has 0 saturated heterocycles. The van der Waals surface area contributed by atoms with Gasteiger partial charge in [-0.3, -0.25) is 4.98 Å². The number of hydrogen-bond donors (Lipinski definition) is 1. The Morgan fingerprint density at radius 1 is 1.32 bits per heavy atom. The molecule has 0 amide bonds. The van der Waals surface area contributed by atoms with Crippen LogP contribution < -0.4 is 5.73 Å². The molecule has 3 rings (SSSR count). The third-order valence-corrected chi connectivity index (χ3v) is 3.71. The predicted octanol–water partition coefficient (Wildman–Crippen LogP) is 2.89. The summed E-state index contributed by atoms with van der Waals surface area (Å²) >= 11 is 7.53. The maximum absolute atomic E-state index is 6.10. The quantitative estimate of drug-likeness (QED) is 0.803. The fourth-order valence-electron chi connectivity index (χ4n) is 1.65. The topological polar surface area (TPSA) is 77.8 Å². The zero-order valence-corrected chi connectivity index (χ0v) is 11.2. The van der Waals surface area contributed by atoms with Crippen LogP contribution in [0.25, 0.3) is 10.7 Å². The van der Waals surface area contributed by atoms with Crippen LogP contribution >= 0.6 is 22.9 Å². The van der Waals surface area contributed by atoms with Gasteiger partial charge in [-0.25, -0.2) is 0 Å². The van der Waals surface area contributed by atoms with E-state index in [4.69, 9.17) is 21.9 Å².